The predicted octanol–water partition coefficient (Wildman–Crippen LogP) is 5.14. The molecule has 2 heterocycles. The molecular formula is C31H33NO5. The van der Waals surface area contributed by atoms with Crippen molar-refractivity contribution in [1.29, 1.82) is 0 Å². The quantitative estimate of drug-likeness (QED) is 0.456. The van der Waals surface area contributed by atoms with Crippen molar-refractivity contribution in [3.05, 3.63) is 95.6 Å². The zero-order valence-electron chi connectivity index (χ0n) is 20.9. The van der Waals surface area contributed by atoms with Gasteiger partial charge in [0.2, 0.25) is 0 Å². The van der Waals surface area contributed by atoms with Crippen LogP contribution in [-0.2, 0) is 20.8 Å². The summed E-state index contributed by atoms with van der Waals surface area (Å²) >= 11 is 0. The van der Waals surface area contributed by atoms with Crippen LogP contribution in [-0.4, -0.2) is 60.2 Å². The Morgan fingerprint density at radius 2 is 1.49 bits per heavy atom. The van der Waals surface area contributed by atoms with E-state index >= 15 is 0 Å². The van der Waals surface area contributed by atoms with Crippen LogP contribution in [0.2, 0.25) is 0 Å². The van der Waals surface area contributed by atoms with Crippen LogP contribution in [0.1, 0.15) is 41.9 Å². The van der Waals surface area contributed by atoms with E-state index in [0.29, 0.717) is 52.3 Å². The largest absolute Gasteiger partial charge is 0.448 e. The number of carbonyl (C=O) groups is 1. The van der Waals surface area contributed by atoms with Gasteiger partial charge in [0.25, 0.3) is 0 Å². The van der Waals surface area contributed by atoms with Crippen LogP contribution in [0.25, 0.3) is 11.1 Å². The maximum Gasteiger partial charge on any atom is 0.410 e. The molecule has 1 N–H and O–H groups in total. The van der Waals surface area contributed by atoms with Gasteiger partial charge in [-0.25, -0.2) is 4.79 Å². The summed E-state index contributed by atoms with van der Waals surface area (Å²) in [6.07, 6.45) is 1.14. The second-order valence-electron chi connectivity index (χ2n) is 10.5. The normalized spacial score (nSPS) is 24.4. The number of rotatable bonds is 7. The van der Waals surface area contributed by atoms with Crippen molar-refractivity contribution < 1.29 is 24.1 Å². The Kier molecular flexibility index (Phi) is 6.72. The minimum Gasteiger partial charge on any atom is -0.448 e. The molecule has 0 saturated carbocycles. The summed E-state index contributed by atoms with van der Waals surface area (Å²) in [7, 11) is 0. The van der Waals surface area contributed by atoms with Crippen molar-refractivity contribution in [1.82, 2.24) is 4.90 Å². The van der Waals surface area contributed by atoms with E-state index in [9.17, 15) is 9.90 Å². The van der Waals surface area contributed by atoms with Gasteiger partial charge in [-0.15, -0.1) is 0 Å². The van der Waals surface area contributed by atoms with E-state index in [1.54, 1.807) is 0 Å². The molecule has 1 aliphatic carbocycles. The first-order valence-corrected chi connectivity index (χ1v) is 13.2. The Hall–Kier alpha value is -3.19. The zero-order valence-corrected chi connectivity index (χ0v) is 20.9. The fourth-order valence-corrected chi connectivity index (χ4v) is 6.27. The molecule has 6 heteroatoms. The Bertz CT molecular complexity index is 1190. The molecule has 2 aliphatic heterocycles. The number of amides is 1. The molecule has 2 saturated heterocycles. The number of hydrogen-bond donors (Lipinski definition) is 1. The molecule has 0 spiro atoms. The number of nitrogens with zero attached hydrogens (tertiary/aromatic N) is 1. The van der Waals surface area contributed by atoms with Gasteiger partial charge >= 0.3 is 6.09 Å². The van der Waals surface area contributed by atoms with Crippen LogP contribution in [0.5, 0.6) is 0 Å². The van der Waals surface area contributed by atoms with Crippen LogP contribution in [0.15, 0.2) is 78.9 Å². The average Bonchev–Trinajstić information content (AvgIpc) is 3.24. The molecule has 2 unspecified atom stereocenters. The van der Waals surface area contributed by atoms with Crippen LogP contribution in [0.3, 0.4) is 0 Å². The Morgan fingerprint density at radius 3 is 2.14 bits per heavy atom. The smallest absolute Gasteiger partial charge is 0.410 e. The highest BCUT2D eigenvalue weighted by molar-refractivity contribution is 5.79. The highest BCUT2D eigenvalue weighted by atomic mass is 16.6. The van der Waals surface area contributed by atoms with E-state index in [1.165, 1.54) is 22.3 Å². The number of piperidine rings is 1. The van der Waals surface area contributed by atoms with Crippen LogP contribution in [0, 0.1) is 0 Å². The highest BCUT2D eigenvalue weighted by Gasteiger charge is 2.48. The van der Waals surface area contributed by atoms with Crippen LogP contribution in [0.4, 0.5) is 4.79 Å². The molecule has 37 heavy (non-hydrogen) atoms. The van der Waals surface area contributed by atoms with Crippen molar-refractivity contribution in [3.8, 4) is 11.1 Å². The highest BCUT2D eigenvalue weighted by Crippen LogP contribution is 2.45. The summed E-state index contributed by atoms with van der Waals surface area (Å²) in [6, 6.07) is 26.3. The molecule has 0 aromatic heterocycles. The second-order valence-corrected chi connectivity index (χ2v) is 10.5. The fraction of sp³-hybridized carbons (Fsp3) is 0.387. The Labute approximate surface area is 217 Å². The van der Waals surface area contributed by atoms with Gasteiger partial charge in [0.1, 0.15) is 6.61 Å². The van der Waals surface area contributed by atoms with Crippen molar-refractivity contribution in [2.45, 2.75) is 49.5 Å². The monoisotopic (exact) mass is 499 g/mol. The van der Waals surface area contributed by atoms with Gasteiger partial charge in [0.15, 0.2) is 0 Å². The lowest BCUT2D eigenvalue weighted by Gasteiger charge is -2.50. The maximum atomic E-state index is 13.4. The topological polar surface area (TPSA) is 68.2 Å². The van der Waals surface area contributed by atoms with E-state index in [2.05, 4.69) is 24.3 Å². The molecule has 1 amide bonds. The summed E-state index contributed by atoms with van der Waals surface area (Å²) in [6.45, 7) is 2.11. The number of ether oxygens (including phenoxy) is 3. The molecule has 3 aromatic carbocycles. The summed E-state index contributed by atoms with van der Waals surface area (Å²) in [5.74, 6) is 0.0240. The molecule has 6 nitrogen and oxygen atoms in total. The average molecular weight is 500 g/mol. The number of aliphatic hydroxyl groups is 1. The van der Waals surface area contributed by atoms with Gasteiger partial charge in [-0.2, -0.15) is 0 Å². The lowest BCUT2D eigenvalue weighted by Crippen LogP contribution is -2.63. The second kappa shape index (κ2) is 10.3. The van der Waals surface area contributed by atoms with E-state index in [4.69, 9.17) is 14.2 Å². The van der Waals surface area contributed by atoms with Crippen molar-refractivity contribution in [3.63, 3.8) is 0 Å². The van der Waals surface area contributed by atoms with Gasteiger partial charge in [-0.05, 0) is 47.1 Å². The van der Waals surface area contributed by atoms with Gasteiger partial charge in [0, 0.05) is 12.5 Å². The Morgan fingerprint density at radius 1 is 0.892 bits per heavy atom. The van der Waals surface area contributed by atoms with Gasteiger partial charge in [-0.1, -0.05) is 78.9 Å². The molecule has 3 aromatic rings. The molecule has 0 radical (unpaired) electrons. The first-order valence-electron chi connectivity index (χ1n) is 13.2. The van der Waals surface area contributed by atoms with Gasteiger partial charge in [-0.3, -0.25) is 4.90 Å². The SMILES string of the molecule is O=C(OCC1c2ccccc2-c2ccccc21)N1C2COCC1CC(O)(CCOCc1ccccc1)C2. The number of hydrogen-bond acceptors (Lipinski definition) is 5. The summed E-state index contributed by atoms with van der Waals surface area (Å²) in [4.78, 5) is 15.2. The maximum absolute atomic E-state index is 13.4. The fourth-order valence-electron chi connectivity index (χ4n) is 6.27. The molecule has 2 fully saturated rings. The minimum absolute atomic E-state index is 0.0240. The van der Waals surface area contributed by atoms with Crippen molar-refractivity contribution in [2.24, 2.45) is 0 Å². The zero-order chi connectivity index (χ0) is 25.2. The molecule has 2 bridgehead atoms. The van der Waals surface area contributed by atoms with E-state index in [0.717, 1.165) is 5.56 Å². The van der Waals surface area contributed by atoms with Crippen LogP contribution >= 0.6 is 0 Å². The van der Waals surface area contributed by atoms with E-state index < -0.39 is 5.60 Å². The third kappa shape index (κ3) is 4.89. The number of fused-ring (bicyclic) bond motifs is 5. The number of benzene rings is 3. The summed E-state index contributed by atoms with van der Waals surface area (Å²) in [5.41, 5.74) is 5.05. The van der Waals surface area contributed by atoms with Gasteiger partial charge < -0.3 is 19.3 Å². The van der Waals surface area contributed by atoms with Crippen molar-refractivity contribution >= 4 is 6.09 Å². The molecule has 192 valence electrons. The van der Waals surface area contributed by atoms with Crippen LogP contribution < -0.4 is 0 Å². The third-order valence-electron chi connectivity index (χ3n) is 8.01. The molecular weight excluding hydrogens is 466 g/mol. The lowest BCUT2D eigenvalue weighted by molar-refractivity contribution is -0.140. The molecule has 2 atom stereocenters. The molecule has 3 aliphatic rings. The summed E-state index contributed by atoms with van der Waals surface area (Å²) < 4.78 is 17.6. The standard InChI is InChI=1S/C31H33NO5/c33-30(37-21-29-27-12-6-4-10-25(27)26-11-5-7-13-28(26)29)32-23-16-31(34,17-24(32)20-36-19-23)14-15-35-18-22-8-2-1-3-9-22/h1-13,23-24,29,34H,14-21H2. The minimum atomic E-state index is -0.879. The van der Waals surface area contributed by atoms with Gasteiger partial charge in [0.05, 0.1) is 37.5 Å². The van der Waals surface area contributed by atoms with E-state index in [1.807, 2.05) is 59.5 Å². The molecule has 6 rings (SSSR count). The Balaban J connectivity index is 1.08. The first kappa shape index (κ1) is 24.2. The predicted molar refractivity (Wildman–Crippen MR) is 140 cm³/mol. The first-order chi connectivity index (χ1) is 18.1. The van der Waals surface area contributed by atoms with E-state index in [-0.39, 0.29) is 24.1 Å². The third-order valence-corrected chi connectivity index (χ3v) is 8.01. The summed E-state index contributed by atoms with van der Waals surface area (Å²) in [5, 5.41) is 11.4. The van der Waals surface area contributed by atoms with Crippen molar-refractivity contribution in [2.75, 3.05) is 26.4 Å². The number of morpholine rings is 1. The lowest BCUT2D eigenvalue weighted by atomic mass is 9.79. The number of carbonyl (C=O) groups excluding carboxylic acids is 1.